The smallest absolute Gasteiger partial charge is 0.387 e. The number of benzene rings is 1. The van der Waals surface area contributed by atoms with E-state index in [4.69, 9.17) is 0 Å². The van der Waals surface area contributed by atoms with E-state index < -0.39 is 12.5 Å². The molecule has 1 saturated carbocycles. The molecule has 0 unspecified atom stereocenters. The fraction of sp³-hybridized carbons (Fsp3) is 0.375. The molecule has 0 aliphatic heterocycles. The Bertz CT molecular complexity index is 681. The molecule has 5 nitrogen and oxygen atoms in total. The average Bonchev–Trinajstić information content (AvgIpc) is 3.17. The van der Waals surface area contributed by atoms with E-state index in [1.165, 1.54) is 18.2 Å². The van der Waals surface area contributed by atoms with Crippen molar-refractivity contribution in [2.45, 2.75) is 38.3 Å². The third-order valence-electron chi connectivity index (χ3n) is 3.93. The molecule has 0 atom stereocenters. The number of nitrogens with zero attached hydrogens (tertiary/aromatic N) is 2. The second-order valence-corrected chi connectivity index (χ2v) is 5.43. The number of carbonyl (C=O) groups excluding carboxylic acids is 1. The van der Waals surface area contributed by atoms with Crippen LogP contribution in [0.25, 0.3) is 0 Å². The van der Waals surface area contributed by atoms with Crippen LogP contribution in [0.1, 0.15) is 42.1 Å². The zero-order valence-corrected chi connectivity index (χ0v) is 12.4. The van der Waals surface area contributed by atoms with E-state index in [1.54, 1.807) is 23.0 Å². The molecule has 0 spiro atoms. The Labute approximate surface area is 132 Å². The third-order valence-corrected chi connectivity index (χ3v) is 3.93. The number of halogens is 2. The minimum absolute atomic E-state index is 0.0620. The number of alkyl halides is 2. The van der Waals surface area contributed by atoms with Gasteiger partial charge in [-0.15, -0.1) is 0 Å². The van der Waals surface area contributed by atoms with E-state index in [2.05, 4.69) is 15.2 Å². The highest BCUT2D eigenvalue weighted by Gasteiger charge is 2.22. The zero-order valence-electron chi connectivity index (χ0n) is 12.4. The van der Waals surface area contributed by atoms with Gasteiger partial charge >= 0.3 is 6.61 Å². The molecule has 1 aromatic carbocycles. The van der Waals surface area contributed by atoms with Crippen LogP contribution in [0.3, 0.4) is 0 Å². The first kappa shape index (κ1) is 15.5. The van der Waals surface area contributed by atoms with E-state index in [9.17, 15) is 13.6 Å². The molecule has 1 aliphatic carbocycles. The largest absolute Gasteiger partial charge is 0.434 e. The third kappa shape index (κ3) is 3.49. The number of carbonyl (C=O) groups is 1. The van der Waals surface area contributed by atoms with E-state index in [0.29, 0.717) is 5.82 Å². The minimum Gasteiger partial charge on any atom is -0.434 e. The van der Waals surface area contributed by atoms with Crippen LogP contribution < -0.4 is 10.1 Å². The summed E-state index contributed by atoms with van der Waals surface area (Å²) >= 11 is 0. The van der Waals surface area contributed by atoms with Crippen LogP contribution >= 0.6 is 0 Å². The number of amides is 1. The molecule has 1 fully saturated rings. The topological polar surface area (TPSA) is 56.2 Å². The molecule has 0 radical (unpaired) electrons. The summed E-state index contributed by atoms with van der Waals surface area (Å²) < 4.78 is 31.1. The van der Waals surface area contributed by atoms with Gasteiger partial charge in [0.25, 0.3) is 5.91 Å². The Balaban J connectivity index is 1.79. The standard InChI is InChI=1S/C16H17F2N3O2/c17-16(18)23-13-8-4-3-7-12(13)15(22)20-14-9-10-19-21(14)11-5-1-2-6-11/h3-4,7-11,16H,1-2,5-6H2,(H,20,22). The van der Waals surface area contributed by atoms with E-state index in [0.717, 1.165) is 25.7 Å². The highest BCUT2D eigenvalue weighted by molar-refractivity contribution is 6.05. The number of hydrogen-bond acceptors (Lipinski definition) is 3. The SMILES string of the molecule is O=C(Nc1ccnn1C1CCCC1)c1ccccc1OC(F)F. The maximum atomic E-state index is 12.4. The maximum absolute atomic E-state index is 12.4. The van der Waals surface area contributed by atoms with Crippen molar-refractivity contribution in [2.75, 3.05) is 5.32 Å². The first-order chi connectivity index (χ1) is 11.1. The quantitative estimate of drug-likeness (QED) is 0.910. The van der Waals surface area contributed by atoms with Gasteiger partial charge < -0.3 is 10.1 Å². The summed E-state index contributed by atoms with van der Waals surface area (Å²) in [5, 5.41) is 7.00. The first-order valence-electron chi connectivity index (χ1n) is 7.54. The molecule has 2 aromatic rings. The molecule has 122 valence electrons. The Morgan fingerprint density at radius 3 is 2.74 bits per heavy atom. The van der Waals surface area contributed by atoms with E-state index in [-0.39, 0.29) is 17.4 Å². The zero-order chi connectivity index (χ0) is 16.2. The molecule has 1 amide bonds. The van der Waals surface area contributed by atoms with Crippen molar-refractivity contribution in [3.63, 3.8) is 0 Å². The Kier molecular flexibility index (Phi) is 4.55. The monoisotopic (exact) mass is 321 g/mol. The van der Waals surface area contributed by atoms with Crippen molar-refractivity contribution >= 4 is 11.7 Å². The summed E-state index contributed by atoms with van der Waals surface area (Å²) in [5.41, 5.74) is 0.0620. The maximum Gasteiger partial charge on any atom is 0.387 e. The van der Waals surface area contributed by atoms with Crippen molar-refractivity contribution in [1.29, 1.82) is 0 Å². The molecule has 1 aliphatic rings. The second kappa shape index (κ2) is 6.76. The van der Waals surface area contributed by atoms with Crippen molar-refractivity contribution in [3.8, 4) is 5.75 Å². The Hall–Kier alpha value is -2.44. The van der Waals surface area contributed by atoms with Gasteiger partial charge in [-0.05, 0) is 25.0 Å². The normalized spacial score (nSPS) is 15.1. The highest BCUT2D eigenvalue weighted by Crippen LogP contribution is 2.31. The molecule has 7 heteroatoms. The van der Waals surface area contributed by atoms with Crippen LogP contribution in [0.2, 0.25) is 0 Å². The van der Waals surface area contributed by atoms with Crippen LogP contribution in [-0.4, -0.2) is 22.3 Å². The van der Waals surface area contributed by atoms with Crippen molar-refractivity contribution in [1.82, 2.24) is 9.78 Å². The van der Waals surface area contributed by atoms with Gasteiger partial charge in [0.2, 0.25) is 0 Å². The molecule has 0 bridgehead atoms. The van der Waals surface area contributed by atoms with Gasteiger partial charge in [0.15, 0.2) is 0 Å². The van der Waals surface area contributed by atoms with Gasteiger partial charge in [0, 0.05) is 6.07 Å². The summed E-state index contributed by atoms with van der Waals surface area (Å²) in [6.45, 7) is -2.98. The van der Waals surface area contributed by atoms with Crippen LogP contribution in [0.15, 0.2) is 36.5 Å². The van der Waals surface area contributed by atoms with Gasteiger partial charge in [-0.25, -0.2) is 4.68 Å². The molecular formula is C16H17F2N3O2. The average molecular weight is 321 g/mol. The first-order valence-corrected chi connectivity index (χ1v) is 7.54. The van der Waals surface area contributed by atoms with Crippen LogP contribution in [0, 0.1) is 0 Å². The molecule has 0 saturated heterocycles. The van der Waals surface area contributed by atoms with Crippen LogP contribution in [0.5, 0.6) is 5.75 Å². The van der Waals surface area contributed by atoms with Gasteiger partial charge in [-0.1, -0.05) is 25.0 Å². The fourth-order valence-electron chi connectivity index (χ4n) is 2.89. The molecule has 23 heavy (non-hydrogen) atoms. The van der Waals surface area contributed by atoms with Crippen LogP contribution in [0.4, 0.5) is 14.6 Å². The van der Waals surface area contributed by atoms with Crippen LogP contribution in [-0.2, 0) is 0 Å². The number of anilines is 1. The summed E-state index contributed by atoms with van der Waals surface area (Å²) in [6, 6.07) is 7.90. The number of hydrogen-bond donors (Lipinski definition) is 1. The molecule has 3 rings (SSSR count). The predicted molar refractivity (Wildman–Crippen MR) is 80.8 cm³/mol. The lowest BCUT2D eigenvalue weighted by atomic mass is 10.2. The minimum atomic E-state index is -2.98. The molecule has 1 N–H and O–H groups in total. The van der Waals surface area contributed by atoms with E-state index >= 15 is 0 Å². The summed E-state index contributed by atoms with van der Waals surface area (Å²) in [4.78, 5) is 12.4. The lowest BCUT2D eigenvalue weighted by molar-refractivity contribution is -0.0501. The number of para-hydroxylation sites is 1. The van der Waals surface area contributed by atoms with Gasteiger partial charge in [0.1, 0.15) is 11.6 Å². The van der Waals surface area contributed by atoms with Gasteiger partial charge in [-0.3, -0.25) is 4.79 Å². The highest BCUT2D eigenvalue weighted by atomic mass is 19.3. The fourth-order valence-corrected chi connectivity index (χ4v) is 2.89. The summed E-state index contributed by atoms with van der Waals surface area (Å²) in [6.07, 6.45) is 5.95. The summed E-state index contributed by atoms with van der Waals surface area (Å²) in [7, 11) is 0. The molecular weight excluding hydrogens is 304 g/mol. The van der Waals surface area contributed by atoms with E-state index in [1.807, 2.05) is 0 Å². The number of ether oxygens (including phenoxy) is 1. The lowest BCUT2D eigenvalue weighted by Gasteiger charge is -2.15. The van der Waals surface area contributed by atoms with Crippen molar-refractivity contribution in [3.05, 3.63) is 42.1 Å². The Morgan fingerprint density at radius 1 is 1.26 bits per heavy atom. The number of nitrogens with one attached hydrogen (secondary N) is 1. The second-order valence-electron chi connectivity index (χ2n) is 5.43. The van der Waals surface area contributed by atoms with Gasteiger partial charge in [0.05, 0.1) is 17.8 Å². The predicted octanol–water partition coefficient (Wildman–Crippen LogP) is 3.85. The van der Waals surface area contributed by atoms with Crippen molar-refractivity contribution in [2.24, 2.45) is 0 Å². The lowest BCUT2D eigenvalue weighted by Crippen LogP contribution is -2.19. The molecule has 1 aromatic heterocycles. The Morgan fingerprint density at radius 2 is 2.00 bits per heavy atom. The van der Waals surface area contributed by atoms with Gasteiger partial charge in [-0.2, -0.15) is 13.9 Å². The number of rotatable bonds is 5. The van der Waals surface area contributed by atoms with Crippen molar-refractivity contribution < 1.29 is 18.3 Å². The summed E-state index contributed by atoms with van der Waals surface area (Å²) in [5.74, 6) is -0.0818. The number of aromatic nitrogens is 2. The molecule has 1 heterocycles.